The van der Waals surface area contributed by atoms with E-state index in [1.807, 2.05) is 11.8 Å². The molecule has 3 N–H and O–H groups in total. The second-order valence-electron chi connectivity index (χ2n) is 5.08. The molecule has 0 fully saturated rings. The highest BCUT2D eigenvalue weighted by Gasteiger charge is 2.07. The summed E-state index contributed by atoms with van der Waals surface area (Å²) in [6, 6.07) is 5.21. The Balaban J connectivity index is 2.35. The Labute approximate surface area is 125 Å². The number of rotatable bonds is 8. The van der Waals surface area contributed by atoms with Crippen molar-refractivity contribution in [3.63, 3.8) is 0 Å². The number of nitrogens with one attached hydrogen (secondary N) is 1. The van der Waals surface area contributed by atoms with Crippen LogP contribution < -0.4 is 15.8 Å². The molecule has 0 aliphatic heterocycles. The Morgan fingerprint density at radius 2 is 2.20 bits per heavy atom. The van der Waals surface area contributed by atoms with Crippen LogP contribution in [-0.4, -0.2) is 24.5 Å². The third-order valence-electron chi connectivity index (χ3n) is 2.64. The van der Waals surface area contributed by atoms with Crippen molar-refractivity contribution in [1.29, 1.82) is 0 Å². The summed E-state index contributed by atoms with van der Waals surface area (Å²) in [5.41, 5.74) is 6.96. The lowest BCUT2D eigenvalue weighted by Crippen LogP contribution is -2.12. The molecule has 0 aliphatic rings. The van der Waals surface area contributed by atoms with Crippen molar-refractivity contribution in [2.75, 3.05) is 29.7 Å². The maximum atomic E-state index is 11.9. The van der Waals surface area contributed by atoms with Gasteiger partial charge in [0.25, 0.3) is 0 Å². The number of nitrogen functional groups attached to an aromatic ring is 1. The number of hydrogen-bond donors (Lipinski definition) is 2. The molecule has 0 bridgehead atoms. The number of carbonyl (C=O) groups excluding carboxylic acids is 1. The summed E-state index contributed by atoms with van der Waals surface area (Å²) in [6.07, 6.45) is 1.42. The molecule has 1 rings (SSSR count). The Morgan fingerprint density at radius 1 is 1.45 bits per heavy atom. The van der Waals surface area contributed by atoms with Gasteiger partial charge in [-0.15, -0.1) is 0 Å². The SMILES string of the molecule is COc1cc(N)ccc1NC(=O)CCCSCC(C)C. The van der Waals surface area contributed by atoms with Crippen molar-refractivity contribution in [3.8, 4) is 5.75 Å². The van der Waals surface area contributed by atoms with Gasteiger partial charge in [-0.1, -0.05) is 13.8 Å². The molecule has 0 spiro atoms. The number of thioether (sulfide) groups is 1. The molecule has 1 aromatic carbocycles. The molecule has 0 saturated carbocycles. The zero-order chi connectivity index (χ0) is 15.0. The average molecular weight is 296 g/mol. The van der Waals surface area contributed by atoms with E-state index in [9.17, 15) is 4.79 Å². The fraction of sp³-hybridized carbons (Fsp3) is 0.533. The predicted molar refractivity (Wildman–Crippen MR) is 87.4 cm³/mol. The molecular weight excluding hydrogens is 272 g/mol. The van der Waals surface area contributed by atoms with E-state index in [1.165, 1.54) is 0 Å². The number of amides is 1. The van der Waals surface area contributed by atoms with Gasteiger partial charge < -0.3 is 15.8 Å². The van der Waals surface area contributed by atoms with Crippen LogP contribution in [0.1, 0.15) is 26.7 Å². The second kappa shape index (κ2) is 8.74. The summed E-state index contributed by atoms with van der Waals surface area (Å²) in [4.78, 5) is 11.9. The third kappa shape index (κ3) is 6.19. The smallest absolute Gasteiger partial charge is 0.224 e. The first-order chi connectivity index (χ1) is 9.52. The van der Waals surface area contributed by atoms with Gasteiger partial charge in [0.1, 0.15) is 5.75 Å². The van der Waals surface area contributed by atoms with Gasteiger partial charge in [-0.2, -0.15) is 11.8 Å². The number of benzene rings is 1. The molecule has 0 unspecified atom stereocenters. The second-order valence-corrected chi connectivity index (χ2v) is 6.23. The van der Waals surface area contributed by atoms with E-state index in [0.717, 1.165) is 17.9 Å². The van der Waals surface area contributed by atoms with Gasteiger partial charge in [-0.3, -0.25) is 4.79 Å². The minimum atomic E-state index is 0.0122. The lowest BCUT2D eigenvalue weighted by Gasteiger charge is -2.11. The van der Waals surface area contributed by atoms with Gasteiger partial charge in [-0.25, -0.2) is 0 Å². The fourth-order valence-corrected chi connectivity index (χ4v) is 2.66. The average Bonchev–Trinajstić information content (AvgIpc) is 2.40. The van der Waals surface area contributed by atoms with Crippen LogP contribution in [0.3, 0.4) is 0 Å². The number of methoxy groups -OCH3 is 1. The summed E-state index contributed by atoms with van der Waals surface area (Å²) >= 11 is 1.90. The summed E-state index contributed by atoms with van der Waals surface area (Å²) in [7, 11) is 1.56. The van der Waals surface area contributed by atoms with Crippen molar-refractivity contribution >= 4 is 29.0 Å². The number of anilines is 2. The zero-order valence-corrected chi connectivity index (χ0v) is 13.3. The Bertz CT molecular complexity index is 436. The Hall–Kier alpha value is -1.36. The summed E-state index contributed by atoms with van der Waals surface area (Å²) in [5, 5.41) is 2.86. The molecule has 1 amide bonds. The summed E-state index contributed by atoms with van der Waals surface area (Å²) in [5.74, 6) is 3.47. The van der Waals surface area contributed by atoms with Crippen LogP contribution in [0.15, 0.2) is 18.2 Å². The summed E-state index contributed by atoms with van der Waals surface area (Å²) < 4.78 is 5.20. The maximum Gasteiger partial charge on any atom is 0.224 e. The summed E-state index contributed by atoms with van der Waals surface area (Å²) in [6.45, 7) is 4.40. The first kappa shape index (κ1) is 16.7. The molecular formula is C15H24N2O2S. The topological polar surface area (TPSA) is 64.3 Å². The van der Waals surface area contributed by atoms with Crippen molar-refractivity contribution in [3.05, 3.63) is 18.2 Å². The predicted octanol–water partition coefficient (Wildman–Crippen LogP) is 3.39. The molecule has 20 heavy (non-hydrogen) atoms. The number of nitrogens with two attached hydrogens (primary N) is 1. The Kier molecular flexibility index (Phi) is 7.30. The van der Waals surface area contributed by atoms with Crippen molar-refractivity contribution in [2.24, 2.45) is 5.92 Å². The quantitative estimate of drug-likeness (QED) is 0.570. The molecule has 0 radical (unpaired) electrons. The van der Waals surface area contributed by atoms with E-state index in [-0.39, 0.29) is 5.91 Å². The fourth-order valence-electron chi connectivity index (χ4n) is 1.68. The first-order valence-corrected chi connectivity index (χ1v) is 7.99. The molecule has 0 saturated heterocycles. The molecule has 0 heterocycles. The first-order valence-electron chi connectivity index (χ1n) is 6.84. The van der Waals surface area contributed by atoms with E-state index in [4.69, 9.17) is 10.5 Å². The van der Waals surface area contributed by atoms with E-state index in [1.54, 1.807) is 25.3 Å². The highest BCUT2D eigenvalue weighted by molar-refractivity contribution is 7.99. The zero-order valence-electron chi connectivity index (χ0n) is 12.4. The van der Waals surface area contributed by atoms with E-state index >= 15 is 0 Å². The van der Waals surface area contributed by atoms with Gasteiger partial charge in [0.05, 0.1) is 12.8 Å². The molecule has 112 valence electrons. The minimum Gasteiger partial charge on any atom is -0.494 e. The monoisotopic (exact) mass is 296 g/mol. The minimum absolute atomic E-state index is 0.0122. The van der Waals surface area contributed by atoms with Crippen LogP contribution in [0.2, 0.25) is 0 Å². The van der Waals surface area contributed by atoms with Crippen molar-refractivity contribution < 1.29 is 9.53 Å². The molecule has 0 atom stereocenters. The van der Waals surface area contributed by atoms with Crippen LogP contribution in [0.4, 0.5) is 11.4 Å². The number of carbonyl (C=O) groups is 1. The van der Waals surface area contributed by atoms with Gasteiger partial charge in [0, 0.05) is 18.2 Å². The highest BCUT2D eigenvalue weighted by atomic mass is 32.2. The number of hydrogen-bond acceptors (Lipinski definition) is 4. The molecule has 4 nitrogen and oxygen atoms in total. The lowest BCUT2D eigenvalue weighted by molar-refractivity contribution is -0.116. The van der Waals surface area contributed by atoms with Crippen molar-refractivity contribution in [2.45, 2.75) is 26.7 Å². The van der Waals surface area contributed by atoms with Crippen LogP contribution >= 0.6 is 11.8 Å². The highest BCUT2D eigenvalue weighted by Crippen LogP contribution is 2.26. The van der Waals surface area contributed by atoms with E-state index in [2.05, 4.69) is 19.2 Å². The maximum absolute atomic E-state index is 11.9. The largest absolute Gasteiger partial charge is 0.494 e. The van der Waals surface area contributed by atoms with Crippen LogP contribution in [0.5, 0.6) is 5.75 Å². The van der Waals surface area contributed by atoms with Crippen molar-refractivity contribution in [1.82, 2.24) is 0 Å². The standard InChI is InChI=1S/C15H24N2O2S/c1-11(2)10-20-8-4-5-15(18)17-13-7-6-12(16)9-14(13)19-3/h6-7,9,11H,4-5,8,10,16H2,1-3H3,(H,17,18). The Morgan fingerprint density at radius 3 is 2.85 bits per heavy atom. The number of ether oxygens (including phenoxy) is 1. The van der Waals surface area contributed by atoms with Crippen LogP contribution in [0, 0.1) is 5.92 Å². The normalized spacial score (nSPS) is 10.6. The lowest BCUT2D eigenvalue weighted by atomic mass is 10.2. The van der Waals surface area contributed by atoms with E-state index < -0.39 is 0 Å². The van der Waals surface area contributed by atoms with Gasteiger partial charge in [0.2, 0.25) is 5.91 Å². The molecule has 0 aromatic heterocycles. The van der Waals surface area contributed by atoms with Crippen LogP contribution in [0.25, 0.3) is 0 Å². The van der Waals surface area contributed by atoms with E-state index in [0.29, 0.717) is 29.5 Å². The third-order valence-corrected chi connectivity index (χ3v) is 4.12. The molecule has 1 aromatic rings. The van der Waals surface area contributed by atoms with Gasteiger partial charge >= 0.3 is 0 Å². The van der Waals surface area contributed by atoms with Gasteiger partial charge in [-0.05, 0) is 36.0 Å². The van der Waals surface area contributed by atoms with Crippen LogP contribution in [-0.2, 0) is 4.79 Å². The molecule has 0 aliphatic carbocycles. The van der Waals surface area contributed by atoms with Gasteiger partial charge in [0.15, 0.2) is 0 Å². The molecule has 5 heteroatoms.